The molecule has 31 heavy (non-hydrogen) atoms. The summed E-state index contributed by atoms with van der Waals surface area (Å²) in [5.41, 5.74) is 0.828. The molecule has 3 aliphatic heterocycles. The van der Waals surface area contributed by atoms with Gasteiger partial charge in [0.25, 0.3) is 11.8 Å². The lowest BCUT2D eigenvalue weighted by atomic mass is 9.66. The molecular formula is C23H30N2O5S. The molecule has 8 heteroatoms. The average Bonchev–Trinajstić information content (AvgIpc) is 3.41. The summed E-state index contributed by atoms with van der Waals surface area (Å²) in [6.07, 6.45) is 3.69. The van der Waals surface area contributed by atoms with Gasteiger partial charge in [0.05, 0.1) is 38.6 Å². The Kier molecular flexibility index (Phi) is 4.39. The SMILES string of the molecule is C[C@]12CC[C@@H]3C[C@]1(C(=O)Nc1sc4c(c1C(=O)N1CCOCC1)CCOC4)OC[C@@]32C. The van der Waals surface area contributed by atoms with Gasteiger partial charge in [0, 0.05) is 28.8 Å². The fraction of sp³-hybridized carbons (Fsp3) is 0.739. The fourth-order valence-electron chi connectivity index (χ4n) is 6.93. The highest BCUT2D eigenvalue weighted by Crippen LogP contribution is 2.75. The van der Waals surface area contributed by atoms with Crippen molar-refractivity contribution in [3.63, 3.8) is 0 Å². The van der Waals surface area contributed by atoms with Crippen LogP contribution in [-0.2, 0) is 32.0 Å². The molecule has 7 nitrogen and oxygen atoms in total. The number of nitrogens with one attached hydrogen (secondary N) is 1. The van der Waals surface area contributed by atoms with Gasteiger partial charge in [-0.15, -0.1) is 11.3 Å². The second kappa shape index (κ2) is 6.76. The Labute approximate surface area is 186 Å². The topological polar surface area (TPSA) is 77.1 Å². The van der Waals surface area contributed by atoms with Crippen LogP contribution in [-0.4, -0.2) is 61.8 Å². The molecule has 1 aromatic rings. The van der Waals surface area contributed by atoms with Crippen molar-refractivity contribution in [2.75, 3.05) is 44.8 Å². The molecule has 2 amide bonds. The quantitative estimate of drug-likeness (QED) is 0.773. The zero-order valence-electron chi connectivity index (χ0n) is 18.3. The lowest BCUT2D eigenvalue weighted by Gasteiger charge is -2.40. The number of hydrogen-bond donors (Lipinski definition) is 1. The van der Waals surface area contributed by atoms with E-state index >= 15 is 0 Å². The standard InChI is InChI=1S/C23H30N2O5S/c1-21-13-30-23(11-14(21)3-5-22(21,23)2)20(27)24-18-17(15-4-8-29-12-16(15)31-18)19(26)25-6-9-28-10-7-25/h14H,3-13H2,1-2H3,(H,24,27)/t14-,21+,22-,23-/m1/s1. The molecule has 5 aliphatic rings. The van der Waals surface area contributed by atoms with Gasteiger partial charge in [0.1, 0.15) is 5.00 Å². The summed E-state index contributed by atoms with van der Waals surface area (Å²) in [6.45, 7) is 8.55. The monoisotopic (exact) mass is 446 g/mol. The molecular weight excluding hydrogens is 416 g/mol. The summed E-state index contributed by atoms with van der Waals surface area (Å²) in [5.74, 6) is 0.458. The van der Waals surface area contributed by atoms with Crippen LogP contribution in [0.25, 0.3) is 0 Å². The molecule has 0 unspecified atom stereocenters. The molecule has 4 bridgehead atoms. The van der Waals surface area contributed by atoms with E-state index in [9.17, 15) is 9.59 Å². The Morgan fingerprint density at radius 3 is 2.71 bits per heavy atom. The van der Waals surface area contributed by atoms with Crippen LogP contribution in [0.4, 0.5) is 5.00 Å². The van der Waals surface area contributed by atoms with Crippen molar-refractivity contribution < 1.29 is 23.8 Å². The summed E-state index contributed by atoms with van der Waals surface area (Å²) in [6, 6.07) is 0. The number of thiophene rings is 1. The van der Waals surface area contributed by atoms with Gasteiger partial charge in [-0.1, -0.05) is 13.8 Å². The number of fused-ring (bicyclic) bond motifs is 1. The van der Waals surface area contributed by atoms with E-state index in [0.29, 0.717) is 69.0 Å². The Morgan fingerprint density at radius 1 is 1.16 bits per heavy atom. The minimum atomic E-state index is -0.787. The maximum atomic E-state index is 13.8. The van der Waals surface area contributed by atoms with Crippen LogP contribution >= 0.6 is 11.3 Å². The molecule has 0 aromatic carbocycles. The van der Waals surface area contributed by atoms with E-state index in [2.05, 4.69) is 19.2 Å². The normalized spacial score (nSPS) is 38.4. The van der Waals surface area contributed by atoms with Crippen LogP contribution in [0, 0.1) is 16.7 Å². The summed E-state index contributed by atoms with van der Waals surface area (Å²) in [4.78, 5) is 30.2. The van der Waals surface area contributed by atoms with Gasteiger partial charge in [-0.25, -0.2) is 0 Å². The smallest absolute Gasteiger partial charge is 0.257 e. The summed E-state index contributed by atoms with van der Waals surface area (Å²) in [7, 11) is 0. The van der Waals surface area contributed by atoms with Crippen molar-refractivity contribution in [3.8, 4) is 0 Å². The van der Waals surface area contributed by atoms with Gasteiger partial charge in [-0.2, -0.15) is 0 Å². The summed E-state index contributed by atoms with van der Waals surface area (Å²) in [5, 5.41) is 3.86. The molecule has 4 fully saturated rings. The van der Waals surface area contributed by atoms with Crippen LogP contribution in [0.3, 0.4) is 0 Å². The first-order valence-electron chi connectivity index (χ1n) is 11.4. The van der Waals surface area contributed by atoms with Crippen molar-refractivity contribution in [3.05, 3.63) is 16.0 Å². The number of carbonyl (C=O) groups excluding carboxylic acids is 2. The molecule has 0 radical (unpaired) electrons. The van der Waals surface area contributed by atoms with E-state index in [1.54, 1.807) is 0 Å². The van der Waals surface area contributed by atoms with Crippen molar-refractivity contribution in [2.45, 2.75) is 51.7 Å². The van der Waals surface area contributed by atoms with Crippen LogP contribution in [0.15, 0.2) is 0 Å². The van der Waals surface area contributed by atoms with E-state index in [1.165, 1.54) is 17.8 Å². The predicted molar refractivity (Wildman–Crippen MR) is 115 cm³/mol. The average molecular weight is 447 g/mol. The Morgan fingerprint density at radius 2 is 1.97 bits per heavy atom. The van der Waals surface area contributed by atoms with Gasteiger partial charge in [-0.05, 0) is 37.2 Å². The minimum Gasteiger partial charge on any atom is -0.378 e. The molecule has 4 atom stereocenters. The third-order valence-corrected chi connectivity index (χ3v) is 10.2. The molecule has 1 aromatic heterocycles. The van der Waals surface area contributed by atoms with Crippen molar-refractivity contribution in [1.82, 2.24) is 4.90 Å². The molecule has 1 N–H and O–H groups in total. The fourth-order valence-corrected chi connectivity index (χ4v) is 8.11. The van der Waals surface area contributed by atoms with Crippen LogP contribution in [0.5, 0.6) is 0 Å². The molecule has 0 spiro atoms. The highest BCUT2D eigenvalue weighted by molar-refractivity contribution is 7.17. The van der Waals surface area contributed by atoms with Crippen molar-refractivity contribution in [1.29, 1.82) is 0 Å². The molecule has 6 rings (SSSR count). The number of anilines is 1. The Hall–Kier alpha value is -1.48. The predicted octanol–water partition coefficient (Wildman–Crippen LogP) is 2.83. The minimum absolute atomic E-state index is 0.00756. The van der Waals surface area contributed by atoms with E-state index in [-0.39, 0.29) is 22.6 Å². The Bertz CT molecular complexity index is 956. The van der Waals surface area contributed by atoms with Gasteiger partial charge < -0.3 is 24.4 Å². The maximum absolute atomic E-state index is 13.8. The maximum Gasteiger partial charge on any atom is 0.257 e. The number of carbonyl (C=O) groups is 2. The number of hydrogen-bond acceptors (Lipinski definition) is 6. The summed E-state index contributed by atoms with van der Waals surface area (Å²) < 4.78 is 17.4. The molecule has 168 valence electrons. The molecule has 2 aliphatic carbocycles. The Balaban J connectivity index is 1.35. The van der Waals surface area contributed by atoms with Gasteiger partial charge in [0.15, 0.2) is 5.60 Å². The van der Waals surface area contributed by atoms with Crippen LogP contribution in [0.1, 0.15) is 53.9 Å². The van der Waals surface area contributed by atoms with Crippen molar-refractivity contribution >= 4 is 28.2 Å². The number of nitrogens with zero attached hydrogens (tertiary/aromatic N) is 1. The lowest BCUT2D eigenvalue weighted by Crippen LogP contribution is -2.52. The van der Waals surface area contributed by atoms with Gasteiger partial charge in [0.2, 0.25) is 0 Å². The third kappa shape index (κ3) is 2.50. The van der Waals surface area contributed by atoms with Crippen molar-refractivity contribution in [2.24, 2.45) is 16.7 Å². The highest BCUT2D eigenvalue weighted by atomic mass is 32.1. The number of rotatable bonds is 3. The highest BCUT2D eigenvalue weighted by Gasteiger charge is 2.78. The second-order valence-electron chi connectivity index (χ2n) is 10.2. The molecule has 2 saturated heterocycles. The summed E-state index contributed by atoms with van der Waals surface area (Å²) >= 11 is 1.49. The van der Waals surface area contributed by atoms with Crippen LogP contribution < -0.4 is 5.32 Å². The van der Waals surface area contributed by atoms with Gasteiger partial charge >= 0.3 is 0 Å². The zero-order valence-corrected chi connectivity index (χ0v) is 19.1. The second-order valence-corrected chi connectivity index (χ2v) is 11.3. The first kappa shape index (κ1) is 20.1. The van der Waals surface area contributed by atoms with Crippen LogP contribution in [0.2, 0.25) is 0 Å². The first-order valence-corrected chi connectivity index (χ1v) is 12.3. The first-order chi connectivity index (χ1) is 14.9. The van der Waals surface area contributed by atoms with E-state index in [4.69, 9.17) is 14.2 Å². The van der Waals surface area contributed by atoms with Gasteiger partial charge in [-0.3, -0.25) is 9.59 Å². The zero-order chi connectivity index (χ0) is 21.4. The number of ether oxygens (including phenoxy) is 3. The molecule has 4 heterocycles. The third-order valence-electron chi connectivity index (χ3n) is 9.12. The number of amides is 2. The van der Waals surface area contributed by atoms with E-state index in [1.807, 2.05) is 4.90 Å². The lowest BCUT2D eigenvalue weighted by molar-refractivity contribution is -0.149. The van der Waals surface area contributed by atoms with E-state index < -0.39 is 5.60 Å². The molecule has 2 saturated carbocycles. The largest absolute Gasteiger partial charge is 0.378 e. The number of morpholine rings is 1. The van der Waals surface area contributed by atoms with E-state index in [0.717, 1.165) is 23.3 Å².